The molecule has 0 radical (unpaired) electrons. The van der Waals surface area contributed by atoms with Gasteiger partial charge in [-0.25, -0.2) is 4.98 Å². The Morgan fingerprint density at radius 1 is 1.30 bits per heavy atom. The van der Waals surface area contributed by atoms with Gasteiger partial charge in [0.2, 0.25) is 0 Å². The number of thiazole rings is 1. The highest BCUT2D eigenvalue weighted by Gasteiger charge is 2.15. The minimum absolute atomic E-state index is 0.133. The molecule has 0 spiro atoms. The summed E-state index contributed by atoms with van der Waals surface area (Å²) in [5, 5.41) is 6.55. The molecule has 1 unspecified atom stereocenters. The van der Waals surface area contributed by atoms with Gasteiger partial charge in [0.15, 0.2) is 5.13 Å². The van der Waals surface area contributed by atoms with E-state index in [9.17, 15) is 4.79 Å². The standard InChI is InChI=1S/C16H21N3O3S/c1-10(22-13-7-5-12(21-4)6-8-13)9-18-15(20)14-11(2)19-16(17-3)23-14/h5-8,10H,9H2,1-4H3,(H,17,19)(H,18,20). The average molecular weight is 335 g/mol. The van der Waals surface area contributed by atoms with Gasteiger partial charge in [-0.1, -0.05) is 11.3 Å². The number of ether oxygens (including phenoxy) is 2. The van der Waals surface area contributed by atoms with Crippen LogP contribution in [-0.2, 0) is 0 Å². The number of carbonyl (C=O) groups is 1. The van der Waals surface area contributed by atoms with Crippen LogP contribution >= 0.6 is 11.3 Å². The van der Waals surface area contributed by atoms with Gasteiger partial charge in [-0.15, -0.1) is 0 Å². The summed E-state index contributed by atoms with van der Waals surface area (Å²) in [6.07, 6.45) is -0.149. The van der Waals surface area contributed by atoms with E-state index < -0.39 is 0 Å². The zero-order valence-electron chi connectivity index (χ0n) is 13.7. The van der Waals surface area contributed by atoms with Crippen LogP contribution in [0.3, 0.4) is 0 Å². The fraction of sp³-hybridized carbons (Fsp3) is 0.375. The molecule has 1 heterocycles. The van der Waals surface area contributed by atoms with Gasteiger partial charge in [0.05, 0.1) is 19.3 Å². The zero-order chi connectivity index (χ0) is 16.8. The Morgan fingerprint density at radius 2 is 1.96 bits per heavy atom. The maximum absolute atomic E-state index is 12.2. The minimum atomic E-state index is -0.149. The molecule has 23 heavy (non-hydrogen) atoms. The monoisotopic (exact) mass is 335 g/mol. The summed E-state index contributed by atoms with van der Waals surface area (Å²) >= 11 is 1.34. The van der Waals surface area contributed by atoms with Crippen LogP contribution in [0.2, 0.25) is 0 Å². The molecule has 124 valence electrons. The lowest BCUT2D eigenvalue weighted by Gasteiger charge is -2.15. The molecule has 0 bridgehead atoms. The lowest BCUT2D eigenvalue weighted by molar-refractivity contribution is 0.0935. The second-order valence-corrected chi connectivity index (χ2v) is 6.00. The van der Waals surface area contributed by atoms with Gasteiger partial charge in [-0.2, -0.15) is 0 Å². The topological polar surface area (TPSA) is 72.5 Å². The van der Waals surface area contributed by atoms with Crippen molar-refractivity contribution in [3.05, 3.63) is 34.8 Å². The molecule has 0 aliphatic heterocycles. The Labute approximate surface area is 139 Å². The molecular weight excluding hydrogens is 314 g/mol. The Hall–Kier alpha value is -2.28. The molecule has 0 saturated heterocycles. The van der Waals surface area contributed by atoms with Gasteiger partial charge in [-0.05, 0) is 38.1 Å². The number of aromatic nitrogens is 1. The van der Waals surface area contributed by atoms with Crippen molar-refractivity contribution in [2.24, 2.45) is 0 Å². The summed E-state index contributed by atoms with van der Waals surface area (Å²) in [4.78, 5) is 17.1. The lowest BCUT2D eigenvalue weighted by atomic mass is 10.3. The molecule has 2 rings (SSSR count). The molecule has 6 nitrogen and oxygen atoms in total. The van der Waals surface area contributed by atoms with Crippen molar-refractivity contribution >= 4 is 22.4 Å². The van der Waals surface area contributed by atoms with Crippen LogP contribution in [0.5, 0.6) is 11.5 Å². The highest BCUT2D eigenvalue weighted by atomic mass is 32.1. The van der Waals surface area contributed by atoms with Crippen molar-refractivity contribution in [1.82, 2.24) is 10.3 Å². The van der Waals surface area contributed by atoms with Crippen LogP contribution < -0.4 is 20.1 Å². The minimum Gasteiger partial charge on any atom is -0.497 e. The summed E-state index contributed by atoms with van der Waals surface area (Å²) in [6, 6.07) is 7.34. The highest BCUT2D eigenvalue weighted by Crippen LogP contribution is 2.22. The van der Waals surface area contributed by atoms with Gasteiger partial charge < -0.3 is 20.1 Å². The van der Waals surface area contributed by atoms with Gasteiger partial charge in [-0.3, -0.25) is 4.79 Å². The molecule has 0 saturated carbocycles. The number of anilines is 1. The van der Waals surface area contributed by atoms with Gasteiger partial charge in [0.25, 0.3) is 5.91 Å². The fourth-order valence-corrected chi connectivity index (χ4v) is 2.80. The molecule has 0 fully saturated rings. The fourth-order valence-electron chi connectivity index (χ4n) is 1.96. The van der Waals surface area contributed by atoms with E-state index in [1.165, 1.54) is 11.3 Å². The van der Waals surface area contributed by atoms with E-state index in [2.05, 4.69) is 15.6 Å². The number of nitrogens with one attached hydrogen (secondary N) is 2. The van der Waals surface area contributed by atoms with Crippen LogP contribution in [0.25, 0.3) is 0 Å². The zero-order valence-corrected chi connectivity index (χ0v) is 14.5. The predicted molar refractivity (Wildman–Crippen MR) is 91.8 cm³/mol. The smallest absolute Gasteiger partial charge is 0.263 e. The highest BCUT2D eigenvalue weighted by molar-refractivity contribution is 7.17. The van der Waals surface area contributed by atoms with Crippen molar-refractivity contribution < 1.29 is 14.3 Å². The Bertz CT molecular complexity index is 655. The molecule has 1 aromatic heterocycles. The molecule has 1 atom stereocenters. The first-order valence-corrected chi connectivity index (χ1v) is 8.09. The Kier molecular flexibility index (Phi) is 5.81. The number of aryl methyl sites for hydroxylation is 1. The second kappa shape index (κ2) is 7.82. The summed E-state index contributed by atoms with van der Waals surface area (Å²) in [5.74, 6) is 1.38. The van der Waals surface area contributed by atoms with Crippen molar-refractivity contribution in [3.63, 3.8) is 0 Å². The van der Waals surface area contributed by atoms with Crippen LogP contribution in [0.4, 0.5) is 5.13 Å². The molecular formula is C16H21N3O3S. The van der Waals surface area contributed by atoms with E-state index in [0.717, 1.165) is 22.3 Å². The van der Waals surface area contributed by atoms with Crippen molar-refractivity contribution in [3.8, 4) is 11.5 Å². The summed E-state index contributed by atoms with van der Waals surface area (Å²) in [5.41, 5.74) is 0.723. The van der Waals surface area contributed by atoms with Crippen molar-refractivity contribution in [2.75, 3.05) is 26.0 Å². The van der Waals surface area contributed by atoms with Gasteiger partial charge in [0, 0.05) is 7.05 Å². The summed E-state index contributed by atoms with van der Waals surface area (Å²) in [6.45, 7) is 4.14. The number of amides is 1. The van der Waals surface area contributed by atoms with E-state index in [1.54, 1.807) is 14.2 Å². The average Bonchev–Trinajstić information content (AvgIpc) is 2.94. The first-order chi connectivity index (χ1) is 11.0. The quantitative estimate of drug-likeness (QED) is 0.814. The Morgan fingerprint density at radius 3 is 2.52 bits per heavy atom. The molecule has 1 amide bonds. The third-order valence-electron chi connectivity index (χ3n) is 3.16. The Balaban J connectivity index is 1.86. The van der Waals surface area contributed by atoms with E-state index >= 15 is 0 Å². The van der Waals surface area contributed by atoms with E-state index in [4.69, 9.17) is 9.47 Å². The molecule has 2 N–H and O–H groups in total. The van der Waals surface area contributed by atoms with Crippen molar-refractivity contribution in [1.29, 1.82) is 0 Å². The maximum atomic E-state index is 12.2. The van der Waals surface area contributed by atoms with Crippen molar-refractivity contribution in [2.45, 2.75) is 20.0 Å². The first-order valence-electron chi connectivity index (χ1n) is 7.27. The third-order valence-corrected chi connectivity index (χ3v) is 4.34. The third kappa shape index (κ3) is 4.59. The number of nitrogens with zero attached hydrogens (tertiary/aromatic N) is 1. The SMILES string of the molecule is CNc1nc(C)c(C(=O)NCC(C)Oc2ccc(OC)cc2)s1. The van der Waals surface area contributed by atoms with E-state index in [0.29, 0.717) is 11.4 Å². The number of benzene rings is 1. The van der Waals surface area contributed by atoms with Crippen LogP contribution in [-0.4, -0.2) is 37.7 Å². The largest absolute Gasteiger partial charge is 0.497 e. The summed E-state index contributed by atoms with van der Waals surface area (Å²) < 4.78 is 10.9. The van der Waals surface area contributed by atoms with Gasteiger partial charge >= 0.3 is 0 Å². The normalized spacial score (nSPS) is 11.7. The molecule has 0 aliphatic rings. The predicted octanol–water partition coefficient (Wildman–Crippen LogP) is 2.70. The van der Waals surface area contributed by atoms with Crippen LogP contribution in [0.15, 0.2) is 24.3 Å². The number of methoxy groups -OCH3 is 1. The number of hydrogen-bond donors (Lipinski definition) is 2. The van der Waals surface area contributed by atoms with E-state index in [-0.39, 0.29) is 12.0 Å². The second-order valence-electron chi connectivity index (χ2n) is 5.00. The number of rotatable bonds is 7. The van der Waals surface area contributed by atoms with Crippen LogP contribution in [0, 0.1) is 6.92 Å². The van der Waals surface area contributed by atoms with Gasteiger partial charge in [0.1, 0.15) is 22.5 Å². The summed E-state index contributed by atoms with van der Waals surface area (Å²) in [7, 11) is 3.40. The molecule has 1 aromatic carbocycles. The maximum Gasteiger partial charge on any atom is 0.263 e. The molecule has 2 aromatic rings. The number of hydrogen-bond acceptors (Lipinski definition) is 6. The van der Waals surface area contributed by atoms with Crippen LogP contribution in [0.1, 0.15) is 22.3 Å². The number of carbonyl (C=O) groups excluding carboxylic acids is 1. The first kappa shape index (κ1) is 17.1. The molecule has 7 heteroatoms. The molecule has 0 aliphatic carbocycles. The lowest BCUT2D eigenvalue weighted by Crippen LogP contribution is -2.33. The van der Waals surface area contributed by atoms with E-state index in [1.807, 2.05) is 38.1 Å².